The van der Waals surface area contributed by atoms with Crippen molar-refractivity contribution in [2.75, 3.05) is 7.11 Å². The van der Waals surface area contributed by atoms with Crippen LogP contribution in [0.25, 0.3) is 0 Å². The van der Waals surface area contributed by atoms with Crippen molar-refractivity contribution in [2.45, 2.75) is 6.61 Å². The molecule has 0 atom stereocenters. The molecule has 2 aromatic rings. The Balaban J connectivity index is 2.34. The van der Waals surface area contributed by atoms with Crippen molar-refractivity contribution in [3.8, 4) is 11.5 Å². The second-order valence-electron chi connectivity index (χ2n) is 3.81. The van der Waals surface area contributed by atoms with Crippen LogP contribution >= 0.6 is 0 Å². The molecule has 0 unspecified atom stereocenters. The highest BCUT2D eigenvalue weighted by Gasteiger charge is 2.16. The molecule has 0 bridgehead atoms. The molecule has 104 valence electrons. The summed E-state index contributed by atoms with van der Waals surface area (Å²) in [4.78, 5) is 16.1. The molecule has 0 saturated heterocycles. The van der Waals surface area contributed by atoms with Gasteiger partial charge in [-0.2, -0.15) is 8.78 Å². The molecule has 0 aliphatic heterocycles. The van der Waals surface area contributed by atoms with Crippen LogP contribution in [-0.2, 0) is 0 Å². The number of ketones is 1. The Morgan fingerprint density at radius 3 is 2.70 bits per heavy atom. The summed E-state index contributed by atoms with van der Waals surface area (Å²) in [6.45, 7) is -2.93. The van der Waals surface area contributed by atoms with Crippen LogP contribution in [0.2, 0.25) is 0 Å². The van der Waals surface area contributed by atoms with Crippen molar-refractivity contribution in [3.63, 3.8) is 0 Å². The van der Waals surface area contributed by atoms with Crippen LogP contribution in [0.1, 0.15) is 15.9 Å². The third-order valence-corrected chi connectivity index (χ3v) is 2.57. The fourth-order valence-corrected chi connectivity index (χ4v) is 1.69. The molecule has 2 rings (SSSR count). The van der Waals surface area contributed by atoms with Gasteiger partial charge in [-0.05, 0) is 24.3 Å². The lowest BCUT2D eigenvalue weighted by Crippen LogP contribution is -2.06. The van der Waals surface area contributed by atoms with Gasteiger partial charge in [0.15, 0.2) is 5.78 Å². The predicted molar refractivity (Wildman–Crippen MR) is 67.3 cm³/mol. The molecule has 0 fully saturated rings. The maximum Gasteiger partial charge on any atom is 0.387 e. The van der Waals surface area contributed by atoms with Gasteiger partial charge < -0.3 is 9.47 Å². The van der Waals surface area contributed by atoms with Gasteiger partial charge in [0.2, 0.25) is 0 Å². The predicted octanol–water partition coefficient (Wildman–Crippen LogP) is 2.92. The number of benzene rings is 1. The zero-order chi connectivity index (χ0) is 14.5. The largest absolute Gasteiger partial charge is 0.496 e. The topological polar surface area (TPSA) is 48.4 Å². The summed E-state index contributed by atoms with van der Waals surface area (Å²) in [5, 5.41) is 0. The van der Waals surface area contributed by atoms with E-state index < -0.39 is 6.61 Å². The number of carbonyl (C=O) groups is 1. The Bertz CT molecular complexity index is 603. The number of alkyl halides is 2. The molecule has 0 aliphatic carbocycles. The van der Waals surface area contributed by atoms with Crippen molar-refractivity contribution in [3.05, 3.63) is 53.9 Å². The molecule has 0 saturated carbocycles. The van der Waals surface area contributed by atoms with Crippen molar-refractivity contribution in [2.24, 2.45) is 0 Å². The molecular formula is C14H11F2NO3. The summed E-state index contributed by atoms with van der Waals surface area (Å²) >= 11 is 0. The molecule has 0 radical (unpaired) electrons. The summed E-state index contributed by atoms with van der Waals surface area (Å²) in [6.07, 6.45) is 2.97. The van der Waals surface area contributed by atoms with E-state index in [2.05, 4.69) is 9.72 Å². The van der Waals surface area contributed by atoms with E-state index in [0.29, 0.717) is 5.56 Å². The van der Waals surface area contributed by atoms with Gasteiger partial charge >= 0.3 is 6.61 Å². The molecule has 20 heavy (non-hydrogen) atoms. The molecule has 0 N–H and O–H groups in total. The van der Waals surface area contributed by atoms with Gasteiger partial charge in [0, 0.05) is 24.0 Å². The molecule has 4 nitrogen and oxygen atoms in total. The Morgan fingerprint density at radius 1 is 1.30 bits per heavy atom. The van der Waals surface area contributed by atoms with Crippen molar-refractivity contribution in [1.29, 1.82) is 0 Å². The van der Waals surface area contributed by atoms with Crippen LogP contribution in [0.4, 0.5) is 8.78 Å². The van der Waals surface area contributed by atoms with Gasteiger partial charge in [-0.1, -0.05) is 0 Å². The number of hydrogen-bond acceptors (Lipinski definition) is 4. The average molecular weight is 279 g/mol. The first-order valence-electron chi connectivity index (χ1n) is 5.69. The molecular weight excluding hydrogens is 268 g/mol. The second kappa shape index (κ2) is 6.10. The molecule has 1 aromatic carbocycles. The van der Waals surface area contributed by atoms with Crippen LogP contribution in [-0.4, -0.2) is 24.5 Å². The number of aromatic nitrogens is 1. The molecule has 0 spiro atoms. The summed E-state index contributed by atoms with van der Waals surface area (Å²) in [5.74, 6) is -0.213. The van der Waals surface area contributed by atoms with E-state index in [-0.39, 0.29) is 22.8 Å². The Kier molecular flexibility index (Phi) is 4.24. The third-order valence-electron chi connectivity index (χ3n) is 2.57. The molecule has 6 heteroatoms. The number of hydrogen-bond donors (Lipinski definition) is 0. The van der Waals surface area contributed by atoms with Crippen LogP contribution in [0, 0.1) is 0 Å². The second-order valence-corrected chi connectivity index (χ2v) is 3.81. The normalized spacial score (nSPS) is 10.4. The monoisotopic (exact) mass is 279 g/mol. The highest BCUT2D eigenvalue weighted by molar-refractivity contribution is 6.10. The van der Waals surface area contributed by atoms with Gasteiger partial charge in [0.1, 0.15) is 11.5 Å². The lowest BCUT2D eigenvalue weighted by atomic mass is 10.0. The van der Waals surface area contributed by atoms with E-state index in [0.717, 1.165) is 0 Å². The number of nitrogens with zero attached hydrogens (tertiary/aromatic N) is 1. The number of pyridine rings is 1. The number of methoxy groups -OCH3 is 1. The molecule has 1 heterocycles. The zero-order valence-corrected chi connectivity index (χ0v) is 10.5. The van der Waals surface area contributed by atoms with E-state index in [1.54, 1.807) is 18.3 Å². The summed E-state index contributed by atoms with van der Waals surface area (Å²) < 4.78 is 33.6. The molecule has 0 aliphatic rings. The smallest absolute Gasteiger partial charge is 0.387 e. The van der Waals surface area contributed by atoms with E-state index in [1.807, 2.05) is 0 Å². The lowest BCUT2D eigenvalue weighted by molar-refractivity contribution is -0.0499. The van der Waals surface area contributed by atoms with E-state index in [9.17, 15) is 13.6 Å². The Morgan fingerprint density at radius 2 is 2.10 bits per heavy atom. The maximum atomic E-state index is 12.3. The highest BCUT2D eigenvalue weighted by atomic mass is 19.3. The molecule has 0 amide bonds. The zero-order valence-electron chi connectivity index (χ0n) is 10.5. The first kappa shape index (κ1) is 13.9. The third kappa shape index (κ3) is 3.09. The van der Waals surface area contributed by atoms with Crippen LogP contribution < -0.4 is 9.47 Å². The fourth-order valence-electron chi connectivity index (χ4n) is 1.69. The van der Waals surface area contributed by atoms with Gasteiger partial charge in [0.25, 0.3) is 0 Å². The quantitative estimate of drug-likeness (QED) is 0.790. The van der Waals surface area contributed by atoms with Crippen LogP contribution in [0.5, 0.6) is 11.5 Å². The first-order chi connectivity index (χ1) is 9.61. The maximum absolute atomic E-state index is 12.3. The first-order valence-corrected chi connectivity index (χ1v) is 5.69. The molecule has 1 aromatic heterocycles. The minimum absolute atomic E-state index is 0.0698. The standard InChI is InChI=1S/C14H11F2NO3/c1-19-12-7-10(20-14(15)16)4-5-11(12)13(18)9-3-2-6-17-8-9/h2-8,14H,1H3. The summed E-state index contributed by atoms with van der Waals surface area (Å²) in [6, 6.07) is 7.16. The lowest BCUT2D eigenvalue weighted by Gasteiger charge is -2.10. The van der Waals surface area contributed by atoms with Gasteiger partial charge in [-0.15, -0.1) is 0 Å². The van der Waals surface area contributed by atoms with E-state index in [4.69, 9.17) is 4.74 Å². The van der Waals surface area contributed by atoms with E-state index >= 15 is 0 Å². The summed E-state index contributed by atoms with van der Waals surface area (Å²) in [5.41, 5.74) is 0.635. The Hall–Kier alpha value is -2.50. The van der Waals surface area contributed by atoms with Crippen molar-refractivity contribution in [1.82, 2.24) is 4.98 Å². The fraction of sp³-hybridized carbons (Fsp3) is 0.143. The average Bonchev–Trinajstić information content (AvgIpc) is 2.46. The van der Waals surface area contributed by atoms with Gasteiger partial charge in [0.05, 0.1) is 12.7 Å². The van der Waals surface area contributed by atoms with Crippen molar-refractivity contribution >= 4 is 5.78 Å². The van der Waals surface area contributed by atoms with Gasteiger partial charge in [-0.3, -0.25) is 9.78 Å². The number of rotatable bonds is 5. The minimum Gasteiger partial charge on any atom is -0.496 e. The summed E-state index contributed by atoms with van der Waals surface area (Å²) in [7, 11) is 1.35. The number of halogens is 2. The number of carbonyl (C=O) groups excluding carboxylic acids is 1. The minimum atomic E-state index is -2.93. The number of ether oxygens (including phenoxy) is 2. The van der Waals surface area contributed by atoms with Crippen LogP contribution in [0.3, 0.4) is 0 Å². The van der Waals surface area contributed by atoms with Crippen molar-refractivity contribution < 1.29 is 23.0 Å². The SMILES string of the molecule is COc1cc(OC(F)F)ccc1C(=O)c1cccnc1. The van der Waals surface area contributed by atoms with Gasteiger partial charge in [-0.25, -0.2) is 0 Å². The highest BCUT2D eigenvalue weighted by Crippen LogP contribution is 2.27. The van der Waals surface area contributed by atoms with E-state index in [1.165, 1.54) is 31.5 Å². The Labute approximate surface area is 114 Å². The van der Waals surface area contributed by atoms with Crippen LogP contribution in [0.15, 0.2) is 42.7 Å².